The molecule has 1 N–H and O–H groups in total. The van der Waals surface area contributed by atoms with Crippen LogP contribution in [0.2, 0.25) is 0 Å². The van der Waals surface area contributed by atoms with Crippen molar-refractivity contribution in [3.05, 3.63) is 89.0 Å². The number of rotatable bonds is 7. The third kappa shape index (κ3) is 4.91. The van der Waals surface area contributed by atoms with E-state index in [9.17, 15) is 9.59 Å². The molecule has 0 saturated carbocycles. The van der Waals surface area contributed by atoms with Crippen LogP contribution in [0.1, 0.15) is 27.0 Å². The summed E-state index contributed by atoms with van der Waals surface area (Å²) in [6.45, 7) is 2.99. The molecule has 0 unspecified atom stereocenters. The summed E-state index contributed by atoms with van der Waals surface area (Å²) >= 11 is 0. The Labute approximate surface area is 187 Å². The third-order valence-corrected chi connectivity index (χ3v) is 5.47. The fourth-order valence-electron chi connectivity index (χ4n) is 3.78. The van der Waals surface area contributed by atoms with E-state index in [-0.39, 0.29) is 18.4 Å². The predicted octanol–water partition coefficient (Wildman–Crippen LogP) is 3.90. The van der Waals surface area contributed by atoms with Gasteiger partial charge in [-0.2, -0.15) is 0 Å². The SMILES string of the molecule is COc1ccc(OCC(=O)NCc2ccc3c(c2)CCN3C(=O)c2cccc(C)c2)cc1. The number of aryl methyl sites for hydroxylation is 1. The normalized spacial score (nSPS) is 12.2. The van der Waals surface area contributed by atoms with Gasteiger partial charge in [-0.15, -0.1) is 0 Å². The van der Waals surface area contributed by atoms with Crippen LogP contribution in [0, 0.1) is 6.92 Å². The van der Waals surface area contributed by atoms with E-state index in [2.05, 4.69) is 11.4 Å². The molecule has 1 aliphatic heterocycles. The Bertz CT molecular complexity index is 1120. The molecule has 0 atom stereocenters. The largest absolute Gasteiger partial charge is 0.497 e. The van der Waals surface area contributed by atoms with Crippen molar-refractivity contribution in [2.75, 3.05) is 25.2 Å². The van der Waals surface area contributed by atoms with Crippen molar-refractivity contribution in [3.63, 3.8) is 0 Å². The Morgan fingerprint density at radius 2 is 1.78 bits per heavy atom. The van der Waals surface area contributed by atoms with Gasteiger partial charge in [-0.1, -0.05) is 29.8 Å². The van der Waals surface area contributed by atoms with Gasteiger partial charge in [0.1, 0.15) is 11.5 Å². The Hall–Kier alpha value is -3.80. The summed E-state index contributed by atoms with van der Waals surface area (Å²) in [5.41, 5.74) is 4.82. The highest BCUT2D eigenvalue weighted by atomic mass is 16.5. The Morgan fingerprint density at radius 3 is 2.53 bits per heavy atom. The third-order valence-electron chi connectivity index (χ3n) is 5.47. The molecule has 0 fully saturated rings. The molecule has 0 aliphatic carbocycles. The zero-order valence-electron chi connectivity index (χ0n) is 18.3. The summed E-state index contributed by atoms with van der Waals surface area (Å²) < 4.78 is 10.6. The van der Waals surface area contributed by atoms with E-state index in [1.807, 2.05) is 48.2 Å². The molecule has 4 rings (SSSR count). The Balaban J connectivity index is 1.32. The number of hydrogen-bond acceptors (Lipinski definition) is 4. The molecular weight excluding hydrogens is 404 g/mol. The van der Waals surface area contributed by atoms with Crippen molar-refractivity contribution in [2.24, 2.45) is 0 Å². The van der Waals surface area contributed by atoms with Gasteiger partial charge in [0, 0.05) is 24.3 Å². The first-order chi connectivity index (χ1) is 15.5. The van der Waals surface area contributed by atoms with Gasteiger partial charge >= 0.3 is 0 Å². The minimum absolute atomic E-state index is 0.0178. The zero-order chi connectivity index (χ0) is 22.5. The topological polar surface area (TPSA) is 67.9 Å². The number of methoxy groups -OCH3 is 1. The van der Waals surface area contributed by atoms with Crippen molar-refractivity contribution in [1.29, 1.82) is 0 Å². The number of carbonyl (C=O) groups excluding carboxylic acids is 2. The number of ether oxygens (including phenoxy) is 2. The highest BCUT2D eigenvalue weighted by Gasteiger charge is 2.25. The minimum atomic E-state index is -0.197. The Morgan fingerprint density at radius 1 is 1.00 bits per heavy atom. The van der Waals surface area contributed by atoms with Gasteiger partial charge in [-0.25, -0.2) is 0 Å². The van der Waals surface area contributed by atoms with Crippen molar-refractivity contribution in [3.8, 4) is 11.5 Å². The molecule has 164 valence electrons. The van der Waals surface area contributed by atoms with Crippen LogP contribution in [0.4, 0.5) is 5.69 Å². The molecule has 6 heteroatoms. The van der Waals surface area contributed by atoms with E-state index in [4.69, 9.17) is 9.47 Å². The lowest BCUT2D eigenvalue weighted by Crippen LogP contribution is -2.29. The average molecular weight is 431 g/mol. The quantitative estimate of drug-likeness (QED) is 0.617. The lowest BCUT2D eigenvalue weighted by molar-refractivity contribution is -0.123. The molecule has 32 heavy (non-hydrogen) atoms. The summed E-state index contributed by atoms with van der Waals surface area (Å²) in [6.07, 6.45) is 0.801. The number of amides is 2. The van der Waals surface area contributed by atoms with Crippen LogP contribution in [0.5, 0.6) is 11.5 Å². The monoisotopic (exact) mass is 430 g/mol. The van der Waals surface area contributed by atoms with E-state index < -0.39 is 0 Å². The second kappa shape index (κ2) is 9.56. The maximum atomic E-state index is 12.9. The highest BCUT2D eigenvalue weighted by Crippen LogP contribution is 2.30. The number of carbonyl (C=O) groups is 2. The number of fused-ring (bicyclic) bond motifs is 1. The molecule has 1 heterocycles. The first-order valence-electron chi connectivity index (χ1n) is 10.6. The van der Waals surface area contributed by atoms with Gasteiger partial charge in [-0.05, 0) is 66.9 Å². The number of nitrogens with zero attached hydrogens (tertiary/aromatic N) is 1. The molecule has 0 bridgehead atoms. The number of hydrogen-bond donors (Lipinski definition) is 1. The second-order valence-electron chi connectivity index (χ2n) is 7.78. The van der Waals surface area contributed by atoms with Gasteiger partial charge < -0.3 is 19.7 Å². The van der Waals surface area contributed by atoms with Crippen LogP contribution < -0.4 is 19.7 Å². The summed E-state index contributed by atoms with van der Waals surface area (Å²) in [4.78, 5) is 26.9. The van der Waals surface area contributed by atoms with Crippen LogP contribution in [-0.4, -0.2) is 32.1 Å². The van der Waals surface area contributed by atoms with E-state index in [1.165, 1.54) is 0 Å². The highest BCUT2D eigenvalue weighted by molar-refractivity contribution is 6.07. The molecule has 0 spiro atoms. The fourth-order valence-corrected chi connectivity index (χ4v) is 3.78. The minimum Gasteiger partial charge on any atom is -0.497 e. The standard InChI is InChI=1S/C26H26N2O4/c1-18-4-3-5-21(14-18)26(30)28-13-12-20-15-19(6-11-24(20)28)16-27-25(29)17-32-23-9-7-22(31-2)8-10-23/h3-11,14-15H,12-13,16-17H2,1-2H3,(H,27,29). The van der Waals surface area contributed by atoms with Crippen LogP contribution in [0.3, 0.4) is 0 Å². The van der Waals surface area contributed by atoms with Crippen molar-refractivity contribution >= 4 is 17.5 Å². The fraction of sp³-hybridized carbons (Fsp3) is 0.231. The Kier molecular flexibility index (Phi) is 6.40. The molecule has 0 aromatic heterocycles. The van der Waals surface area contributed by atoms with E-state index in [1.54, 1.807) is 31.4 Å². The van der Waals surface area contributed by atoms with Gasteiger partial charge in [0.2, 0.25) is 0 Å². The molecule has 0 radical (unpaired) electrons. The number of anilines is 1. The van der Waals surface area contributed by atoms with Crippen molar-refractivity contribution in [2.45, 2.75) is 19.9 Å². The molecule has 2 amide bonds. The number of benzene rings is 3. The first-order valence-corrected chi connectivity index (χ1v) is 10.6. The smallest absolute Gasteiger partial charge is 0.258 e. The van der Waals surface area contributed by atoms with E-state index in [0.717, 1.165) is 34.5 Å². The van der Waals surface area contributed by atoms with Gasteiger partial charge in [-0.3, -0.25) is 9.59 Å². The summed E-state index contributed by atoms with van der Waals surface area (Å²) in [5.74, 6) is 1.16. The predicted molar refractivity (Wildman–Crippen MR) is 123 cm³/mol. The summed E-state index contributed by atoms with van der Waals surface area (Å²) in [5, 5.41) is 2.88. The maximum Gasteiger partial charge on any atom is 0.258 e. The second-order valence-corrected chi connectivity index (χ2v) is 7.78. The summed E-state index contributed by atoms with van der Waals surface area (Å²) in [6, 6.07) is 20.7. The average Bonchev–Trinajstić information content (AvgIpc) is 3.24. The van der Waals surface area contributed by atoms with E-state index in [0.29, 0.717) is 24.4 Å². The molecule has 6 nitrogen and oxygen atoms in total. The molecular formula is C26H26N2O4. The van der Waals surface area contributed by atoms with Crippen LogP contribution in [0.15, 0.2) is 66.7 Å². The van der Waals surface area contributed by atoms with Crippen molar-refractivity contribution < 1.29 is 19.1 Å². The molecule has 3 aromatic carbocycles. The zero-order valence-corrected chi connectivity index (χ0v) is 18.3. The maximum absolute atomic E-state index is 12.9. The van der Waals surface area contributed by atoms with E-state index >= 15 is 0 Å². The van der Waals surface area contributed by atoms with Gasteiger partial charge in [0.05, 0.1) is 7.11 Å². The van der Waals surface area contributed by atoms with Gasteiger partial charge in [0.15, 0.2) is 6.61 Å². The van der Waals surface area contributed by atoms with Gasteiger partial charge in [0.25, 0.3) is 11.8 Å². The summed E-state index contributed by atoms with van der Waals surface area (Å²) in [7, 11) is 1.60. The lowest BCUT2D eigenvalue weighted by atomic mass is 10.1. The molecule has 3 aromatic rings. The molecule has 0 saturated heterocycles. The van der Waals surface area contributed by atoms with Crippen molar-refractivity contribution in [1.82, 2.24) is 5.32 Å². The lowest BCUT2D eigenvalue weighted by Gasteiger charge is -2.18. The van der Waals surface area contributed by atoms with Crippen LogP contribution >= 0.6 is 0 Å². The van der Waals surface area contributed by atoms with Crippen LogP contribution in [-0.2, 0) is 17.8 Å². The molecule has 1 aliphatic rings. The first kappa shape index (κ1) is 21.4. The number of nitrogens with one attached hydrogen (secondary N) is 1. The van der Waals surface area contributed by atoms with Crippen LogP contribution in [0.25, 0.3) is 0 Å².